The first kappa shape index (κ1) is 10.5. The van der Waals surface area contributed by atoms with E-state index in [1.165, 1.54) is 6.92 Å². The molecule has 76 valence electrons. The van der Waals surface area contributed by atoms with E-state index >= 15 is 0 Å². The fourth-order valence-corrected chi connectivity index (χ4v) is 3.04. The molecular formula is C7H13NO4S. The molecule has 0 saturated carbocycles. The highest BCUT2D eigenvalue weighted by Gasteiger charge is 2.29. The average Bonchev–Trinajstić information content (AvgIpc) is 2.30. The maximum Gasteiger partial charge on any atom is 0.320 e. The molecule has 1 unspecified atom stereocenters. The Morgan fingerprint density at radius 3 is 2.62 bits per heavy atom. The van der Waals surface area contributed by atoms with Crippen molar-refractivity contribution in [1.82, 2.24) is 5.32 Å². The molecule has 2 N–H and O–H groups in total. The van der Waals surface area contributed by atoms with Gasteiger partial charge in [-0.2, -0.15) is 0 Å². The summed E-state index contributed by atoms with van der Waals surface area (Å²) in [7, 11) is -2.92. The summed E-state index contributed by atoms with van der Waals surface area (Å²) in [4.78, 5) is 10.4. The zero-order chi connectivity index (χ0) is 10.1. The SMILES string of the molecule is C[C@H](NC1CCS(=O)(=O)C1)C(=O)O. The predicted octanol–water partition coefficient (Wildman–Crippen LogP) is -0.764. The van der Waals surface area contributed by atoms with Crippen molar-refractivity contribution < 1.29 is 18.3 Å². The molecule has 1 heterocycles. The summed E-state index contributed by atoms with van der Waals surface area (Å²) in [6.07, 6.45) is 0.514. The van der Waals surface area contributed by atoms with Crippen LogP contribution in [0.25, 0.3) is 0 Å². The molecule has 13 heavy (non-hydrogen) atoms. The van der Waals surface area contributed by atoms with Gasteiger partial charge in [-0.15, -0.1) is 0 Å². The van der Waals surface area contributed by atoms with Gasteiger partial charge in [-0.05, 0) is 13.3 Å². The Kier molecular flexibility index (Phi) is 2.92. The van der Waals surface area contributed by atoms with Crippen LogP contribution in [-0.4, -0.2) is 43.1 Å². The van der Waals surface area contributed by atoms with Gasteiger partial charge in [-0.25, -0.2) is 8.42 Å². The van der Waals surface area contributed by atoms with Crippen LogP contribution in [0.15, 0.2) is 0 Å². The van der Waals surface area contributed by atoms with Gasteiger partial charge < -0.3 is 10.4 Å². The maximum atomic E-state index is 11.0. The highest BCUT2D eigenvalue weighted by Crippen LogP contribution is 2.11. The molecule has 0 radical (unpaired) electrons. The van der Waals surface area contributed by atoms with Crippen molar-refractivity contribution in [3.8, 4) is 0 Å². The number of hydrogen-bond donors (Lipinski definition) is 2. The summed E-state index contributed by atoms with van der Waals surface area (Å²) in [5.41, 5.74) is 0. The second-order valence-electron chi connectivity index (χ2n) is 3.33. The molecule has 5 nitrogen and oxygen atoms in total. The second-order valence-corrected chi connectivity index (χ2v) is 5.56. The first-order valence-electron chi connectivity index (χ1n) is 4.10. The molecule has 1 aliphatic heterocycles. The summed E-state index contributed by atoms with van der Waals surface area (Å²) < 4.78 is 22.0. The Balaban J connectivity index is 2.45. The van der Waals surface area contributed by atoms with Gasteiger partial charge in [-0.1, -0.05) is 0 Å². The lowest BCUT2D eigenvalue weighted by Crippen LogP contribution is -2.41. The van der Waals surface area contributed by atoms with Gasteiger partial charge in [0.25, 0.3) is 0 Å². The molecule has 1 aliphatic rings. The molecule has 0 aromatic heterocycles. The quantitative estimate of drug-likeness (QED) is 0.635. The van der Waals surface area contributed by atoms with Crippen molar-refractivity contribution in [1.29, 1.82) is 0 Å². The lowest BCUT2D eigenvalue weighted by Gasteiger charge is -2.13. The van der Waals surface area contributed by atoms with E-state index in [0.717, 1.165) is 0 Å². The van der Waals surface area contributed by atoms with Crippen molar-refractivity contribution in [2.75, 3.05) is 11.5 Å². The third kappa shape index (κ3) is 2.96. The number of sulfone groups is 1. The van der Waals surface area contributed by atoms with Gasteiger partial charge in [0.05, 0.1) is 11.5 Å². The van der Waals surface area contributed by atoms with E-state index in [1.54, 1.807) is 0 Å². The fourth-order valence-electron chi connectivity index (χ4n) is 1.35. The number of hydrogen-bond acceptors (Lipinski definition) is 4. The highest BCUT2D eigenvalue weighted by atomic mass is 32.2. The molecule has 6 heteroatoms. The van der Waals surface area contributed by atoms with Gasteiger partial charge in [0.15, 0.2) is 9.84 Å². The minimum atomic E-state index is -2.92. The van der Waals surface area contributed by atoms with E-state index in [4.69, 9.17) is 5.11 Å². The van der Waals surface area contributed by atoms with E-state index in [-0.39, 0.29) is 17.5 Å². The van der Waals surface area contributed by atoms with Gasteiger partial charge in [0, 0.05) is 6.04 Å². The van der Waals surface area contributed by atoms with Crippen LogP contribution in [0, 0.1) is 0 Å². The second kappa shape index (κ2) is 3.63. The largest absolute Gasteiger partial charge is 0.480 e. The number of nitrogens with one attached hydrogen (secondary N) is 1. The summed E-state index contributed by atoms with van der Waals surface area (Å²) in [6.45, 7) is 1.51. The van der Waals surface area contributed by atoms with E-state index in [1.807, 2.05) is 0 Å². The fraction of sp³-hybridized carbons (Fsp3) is 0.857. The van der Waals surface area contributed by atoms with Crippen molar-refractivity contribution in [3.05, 3.63) is 0 Å². The van der Waals surface area contributed by atoms with Crippen LogP contribution >= 0.6 is 0 Å². The Labute approximate surface area is 77.1 Å². The van der Waals surface area contributed by atoms with E-state index in [0.29, 0.717) is 6.42 Å². The number of rotatable bonds is 3. The maximum absolute atomic E-state index is 11.0. The van der Waals surface area contributed by atoms with Gasteiger partial charge in [0.2, 0.25) is 0 Å². The number of aliphatic carboxylic acids is 1. The lowest BCUT2D eigenvalue weighted by molar-refractivity contribution is -0.139. The highest BCUT2D eigenvalue weighted by molar-refractivity contribution is 7.91. The van der Waals surface area contributed by atoms with Gasteiger partial charge in [-0.3, -0.25) is 4.79 Å². The van der Waals surface area contributed by atoms with Crippen molar-refractivity contribution in [3.63, 3.8) is 0 Å². The zero-order valence-electron chi connectivity index (χ0n) is 7.36. The average molecular weight is 207 g/mol. The molecule has 1 rings (SSSR count). The standard InChI is InChI=1S/C7H13NO4S/c1-5(7(9)10)8-6-2-3-13(11,12)4-6/h5-6,8H,2-4H2,1H3,(H,9,10)/t5-,6?/m0/s1. The summed E-state index contributed by atoms with van der Waals surface area (Å²) in [5.74, 6) is -0.731. The van der Waals surface area contributed by atoms with E-state index < -0.39 is 21.8 Å². The van der Waals surface area contributed by atoms with E-state index in [9.17, 15) is 13.2 Å². The normalized spacial score (nSPS) is 28.5. The smallest absolute Gasteiger partial charge is 0.320 e. The van der Waals surface area contributed by atoms with Crippen LogP contribution in [0.3, 0.4) is 0 Å². The third-order valence-electron chi connectivity index (χ3n) is 2.09. The Morgan fingerprint density at radius 2 is 2.23 bits per heavy atom. The molecule has 0 amide bonds. The minimum absolute atomic E-state index is 0.0601. The van der Waals surface area contributed by atoms with Gasteiger partial charge >= 0.3 is 5.97 Å². The van der Waals surface area contributed by atoms with Crippen LogP contribution in [0.1, 0.15) is 13.3 Å². The molecule has 0 aromatic rings. The zero-order valence-corrected chi connectivity index (χ0v) is 8.17. The van der Waals surface area contributed by atoms with Crippen molar-refractivity contribution in [2.24, 2.45) is 0 Å². The van der Waals surface area contributed by atoms with Crippen LogP contribution in [0.4, 0.5) is 0 Å². The van der Waals surface area contributed by atoms with Crippen LogP contribution < -0.4 is 5.32 Å². The van der Waals surface area contributed by atoms with Crippen LogP contribution in [0.2, 0.25) is 0 Å². The molecule has 1 fully saturated rings. The molecule has 1 saturated heterocycles. The first-order chi connectivity index (χ1) is 5.91. The first-order valence-corrected chi connectivity index (χ1v) is 5.92. The Bertz CT molecular complexity index is 298. The third-order valence-corrected chi connectivity index (χ3v) is 3.86. The molecule has 0 aliphatic carbocycles. The summed E-state index contributed by atoms with van der Waals surface area (Å²) >= 11 is 0. The van der Waals surface area contributed by atoms with Crippen molar-refractivity contribution >= 4 is 15.8 Å². The number of carboxylic acid groups (broad SMARTS) is 1. The summed E-state index contributed by atoms with van der Waals surface area (Å²) in [6, 6.07) is -0.880. The molecule has 2 atom stereocenters. The lowest BCUT2D eigenvalue weighted by atomic mass is 10.2. The Morgan fingerprint density at radius 1 is 1.62 bits per heavy atom. The number of carboxylic acids is 1. The molecule has 0 bridgehead atoms. The summed E-state index contributed by atoms with van der Waals surface area (Å²) in [5, 5.41) is 11.3. The van der Waals surface area contributed by atoms with Gasteiger partial charge in [0.1, 0.15) is 6.04 Å². The minimum Gasteiger partial charge on any atom is -0.480 e. The van der Waals surface area contributed by atoms with E-state index in [2.05, 4.69) is 5.32 Å². The molecular weight excluding hydrogens is 194 g/mol. The molecule has 0 spiro atoms. The molecule has 0 aromatic carbocycles. The Hall–Kier alpha value is -0.620. The number of carbonyl (C=O) groups is 1. The van der Waals surface area contributed by atoms with Crippen molar-refractivity contribution in [2.45, 2.75) is 25.4 Å². The van der Waals surface area contributed by atoms with Crippen LogP contribution in [0.5, 0.6) is 0 Å². The predicted molar refractivity (Wildman–Crippen MR) is 47.3 cm³/mol. The topological polar surface area (TPSA) is 83.5 Å². The van der Waals surface area contributed by atoms with Crippen LogP contribution in [-0.2, 0) is 14.6 Å². The monoisotopic (exact) mass is 207 g/mol.